The van der Waals surface area contributed by atoms with Gasteiger partial charge in [0.15, 0.2) is 0 Å². The van der Waals surface area contributed by atoms with E-state index in [1.807, 2.05) is 11.0 Å². The maximum Gasteiger partial charge on any atom is 0.243 e. The molecule has 1 amide bonds. The number of ether oxygens (including phenoxy) is 1. The fourth-order valence-electron chi connectivity index (χ4n) is 4.60. The van der Waals surface area contributed by atoms with Crippen LogP contribution in [-0.2, 0) is 19.6 Å². The Balaban J connectivity index is 1.57. The zero-order valence-electron chi connectivity index (χ0n) is 20.3. The number of morpholine rings is 1. The molecular formula is C25H38N4O4S. The molecule has 2 aliphatic rings. The van der Waals surface area contributed by atoms with Crippen molar-refractivity contribution in [3.05, 3.63) is 29.8 Å². The van der Waals surface area contributed by atoms with E-state index < -0.39 is 10.0 Å². The summed E-state index contributed by atoms with van der Waals surface area (Å²) in [5, 5.41) is 8.94. The molecule has 9 heteroatoms. The van der Waals surface area contributed by atoms with Crippen molar-refractivity contribution in [3.8, 4) is 6.07 Å². The van der Waals surface area contributed by atoms with E-state index in [1.54, 1.807) is 0 Å². The SMILES string of the molecule is CCCCCCN(CCN1CCOCC1)C(=O)C1CCN(S(=O)(=O)c2ccc(C#N)cc2)CC1. The molecule has 1 aromatic carbocycles. The Morgan fingerprint density at radius 1 is 1.06 bits per heavy atom. The first-order valence-corrected chi connectivity index (χ1v) is 14.0. The highest BCUT2D eigenvalue weighted by atomic mass is 32.2. The van der Waals surface area contributed by atoms with E-state index in [4.69, 9.17) is 10.00 Å². The van der Waals surface area contributed by atoms with E-state index in [9.17, 15) is 13.2 Å². The van der Waals surface area contributed by atoms with Crippen LogP contribution in [0.15, 0.2) is 29.2 Å². The average Bonchev–Trinajstić information content (AvgIpc) is 2.88. The molecule has 2 heterocycles. The molecule has 1 aromatic rings. The molecule has 0 saturated carbocycles. The lowest BCUT2D eigenvalue weighted by Crippen LogP contribution is -2.47. The van der Waals surface area contributed by atoms with Crippen LogP contribution in [0.4, 0.5) is 0 Å². The maximum absolute atomic E-state index is 13.4. The minimum absolute atomic E-state index is 0.136. The van der Waals surface area contributed by atoms with Gasteiger partial charge < -0.3 is 9.64 Å². The van der Waals surface area contributed by atoms with Gasteiger partial charge in [-0.05, 0) is 43.5 Å². The summed E-state index contributed by atoms with van der Waals surface area (Å²) in [6.45, 7) is 8.51. The second-order valence-electron chi connectivity index (χ2n) is 9.15. The standard InChI is InChI=1S/C25H38N4O4S/c1-2-3-4-5-12-28(16-15-27-17-19-33-20-18-27)25(30)23-10-13-29(14-11-23)34(31,32)24-8-6-22(21-26)7-9-24/h6-9,23H,2-5,10-20H2,1H3. The van der Waals surface area contributed by atoms with Gasteiger partial charge in [0.1, 0.15) is 0 Å². The van der Waals surface area contributed by atoms with Gasteiger partial charge in [-0.15, -0.1) is 0 Å². The van der Waals surface area contributed by atoms with Crippen molar-refractivity contribution in [2.45, 2.75) is 50.3 Å². The van der Waals surface area contributed by atoms with Crippen LogP contribution in [0, 0.1) is 17.2 Å². The third-order valence-electron chi connectivity index (χ3n) is 6.81. The number of rotatable bonds is 11. The molecule has 0 aromatic heterocycles. The van der Waals surface area contributed by atoms with E-state index >= 15 is 0 Å². The number of benzene rings is 1. The van der Waals surface area contributed by atoms with Gasteiger partial charge in [-0.2, -0.15) is 9.57 Å². The van der Waals surface area contributed by atoms with E-state index in [2.05, 4.69) is 11.8 Å². The first-order chi connectivity index (χ1) is 16.5. The Kier molecular flexibility index (Phi) is 10.3. The third-order valence-corrected chi connectivity index (χ3v) is 8.72. The van der Waals surface area contributed by atoms with E-state index in [1.165, 1.54) is 35.0 Å². The van der Waals surface area contributed by atoms with Crippen LogP contribution in [0.3, 0.4) is 0 Å². The zero-order chi connectivity index (χ0) is 24.4. The number of carbonyl (C=O) groups is 1. The van der Waals surface area contributed by atoms with Crippen molar-refractivity contribution in [2.75, 3.05) is 59.0 Å². The Hall–Kier alpha value is -1.99. The molecule has 0 unspecified atom stereocenters. The van der Waals surface area contributed by atoms with Crippen LogP contribution in [0.25, 0.3) is 0 Å². The second kappa shape index (κ2) is 13.2. The van der Waals surface area contributed by atoms with Crippen molar-refractivity contribution in [1.82, 2.24) is 14.1 Å². The average molecular weight is 491 g/mol. The molecule has 0 aliphatic carbocycles. The number of unbranched alkanes of at least 4 members (excludes halogenated alkanes) is 3. The smallest absolute Gasteiger partial charge is 0.243 e. The Labute approximate surface area is 204 Å². The summed E-state index contributed by atoms with van der Waals surface area (Å²) in [7, 11) is -3.62. The van der Waals surface area contributed by atoms with Gasteiger partial charge in [0, 0.05) is 51.7 Å². The van der Waals surface area contributed by atoms with Gasteiger partial charge in [-0.1, -0.05) is 26.2 Å². The van der Waals surface area contributed by atoms with E-state index in [0.717, 1.165) is 58.7 Å². The van der Waals surface area contributed by atoms with Crippen LogP contribution in [0.2, 0.25) is 0 Å². The van der Waals surface area contributed by atoms with Gasteiger partial charge in [0.2, 0.25) is 15.9 Å². The molecule has 34 heavy (non-hydrogen) atoms. The molecule has 188 valence electrons. The van der Waals surface area contributed by atoms with E-state index in [0.29, 0.717) is 38.0 Å². The van der Waals surface area contributed by atoms with Crippen LogP contribution in [0.5, 0.6) is 0 Å². The molecule has 0 N–H and O–H groups in total. The largest absolute Gasteiger partial charge is 0.379 e. The van der Waals surface area contributed by atoms with Crippen LogP contribution in [0.1, 0.15) is 51.0 Å². The summed E-state index contributed by atoms with van der Waals surface area (Å²) in [5.41, 5.74) is 0.430. The number of amides is 1. The molecule has 0 atom stereocenters. The van der Waals surface area contributed by atoms with Crippen LogP contribution >= 0.6 is 0 Å². The maximum atomic E-state index is 13.4. The van der Waals surface area contributed by atoms with Crippen LogP contribution in [-0.4, -0.2) is 87.5 Å². The molecule has 2 fully saturated rings. The minimum Gasteiger partial charge on any atom is -0.379 e. The first-order valence-electron chi connectivity index (χ1n) is 12.5. The summed E-state index contributed by atoms with van der Waals surface area (Å²) in [5.74, 6) is 0.0310. The zero-order valence-corrected chi connectivity index (χ0v) is 21.1. The number of nitrogens with zero attached hydrogens (tertiary/aromatic N) is 4. The summed E-state index contributed by atoms with van der Waals surface area (Å²) < 4.78 is 32.9. The van der Waals surface area contributed by atoms with E-state index in [-0.39, 0.29) is 16.7 Å². The number of piperidine rings is 1. The highest BCUT2D eigenvalue weighted by Crippen LogP contribution is 2.25. The summed E-state index contributed by atoms with van der Waals surface area (Å²) >= 11 is 0. The summed E-state index contributed by atoms with van der Waals surface area (Å²) in [6.07, 6.45) is 5.55. The van der Waals surface area contributed by atoms with Crippen LogP contribution < -0.4 is 0 Å². The van der Waals surface area contributed by atoms with Crippen molar-refractivity contribution < 1.29 is 17.9 Å². The molecule has 0 spiro atoms. The van der Waals surface area contributed by atoms with Crippen molar-refractivity contribution in [3.63, 3.8) is 0 Å². The van der Waals surface area contributed by atoms with Crippen molar-refractivity contribution >= 4 is 15.9 Å². The Morgan fingerprint density at radius 2 is 1.74 bits per heavy atom. The fourth-order valence-corrected chi connectivity index (χ4v) is 6.07. The number of carbonyl (C=O) groups excluding carboxylic acids is 1. The summed E-state index contributed by atoms with van der Waals surface area (Å²) in [6, 6.07) is 8.01. The van der Waals surface area contributed by atoms with Gasteiger partial charge >= 0.3 is 0 Å². The molecule has 8 nitrogen and oxygen atoms in total. The Bertz CT molecular complexity index is 915. The number of hydrogen-bond acceptors (Lipinski definition) is 6. The third kappa shape index (κ3) is 7.25. The monoisotopic (exact) mass is 490 g/mol. The topological polar surface area (TPSA) is 93.9 Å². The molecule has 3 rings (SSSR count). The summed E-state index contributed by atoms with van der Waals surface area (Å²) in [4.78, 5) is 18.0. The lowest BCUT2D eigenvalue weighted by molar-refractivity contribution is -0.137. The highest BCUT2D eigenvalue weighted by molar-refractivity contribution is 7.89. The lowest BCUT2D eigenvalue weighted by atomic mass is 9.96. The number of nitriles is 1. The predicted octanol–water partition coefficient (Wildman–Crippen LogP) is 2.70. The van der Waals surface area contributed by atoms with Gasteiger partial charge in [0.25, 0.3) is 0 Å². The first kappa shape index (κ1) is 26.6. The lowest BCUT2D eigenvalue weighted by Gasteiger charge is -2.35. The predicted molar refractivity (Wildman–Crippen MR) is 131 cm³/mol. The normalized spacial score (nSPS) is 18.5. The molecule has 2 saturated heterocycles. The Morgan fingerprint density at radius 3 is 2.35 bits per heavy atom. The number of hydrogen-bond donors (Lipinski definition) is 0. The van der Waals surface area contributed by atoms with Crippen molar-refractivity contribution in [1.29, 1.82) is 5.26 Å². The quantitative estimate of drug-likeness (QED) is 0.443. The van der Waals surface area contributed by atoms with Crippen molar-refractivity contribution in [2.24, 2.45) is 5.92 Å². The highest BCUT2D eigenvalue weighted by Gasteiger charge is 2.34. The van der Waals surface area contributed by atoms with Gasteiger partial charge in [0.05, 0.1) is 29.7 Å². The van der Waals surface area contributed by atoms with Gasteiger partial charge in [-0.25, -0.2) is 8.42 Å². The second-order valence-corrected chi connectivity index (χ2v) is 11.1. The molecule has 0 radical (unpaired) electrons. The minimum atomic E-state index is -3.62. The molecule has 0 bridgehead atoms. The fraction of sp³-hybridized carbons (Fsp3) is 0.680. The molecular weight excluding hydrogens is 452 g/mol. The number of sulfonamides is 1. The van der Waals surface area contributed by atoms with Gasteiger partial charge in [-0.3, -0.25) is 9.69 Å². The molecule has 2 aliphatic heterocycles.